The zero-order chi connectivity index (χ0) is 17.2. The molecule has 0 radical (unpaired) electrons. The Morgan fingerprint density at radius 1 is 1.00 bits per heavy atom. The second kappa shape index (κ2) is 6.04. The van der Waals surface area contributed by atoms with Gasteiger partial charge in [0, 0.05) is 5.69 Å². The van der Waals surface area contributed by atoms with Gasteiger partial charge in [0.25, 0.3) is 5.89 Å². The van der Waals surface area contributed by atoms with Gasteiger partial charge in [0.05, 0.1) is 16.8 Å². The van der Waals surface area contributed by atoms with Gasteiger partial charge in [-0.25, -0.2) is 0 Å². The van der Waals surface area contributed by atoms with E-state index in [1.165, 1.54) is 12.1 Å². The third-order valence-corrected chi connectivity index (χ3v) is 3.17. The first-order chi connectivity index (χ1) is 11.5. The SMILES string of the molecule is N#Cc1nnc(-c2ccccc2Nc2ccc(C(F)(F)F)cc2)o1. The van der Waals surface area contributed by atoms with Gasteiger partial charge < -0.3 is 9.73 Å². The van der Waals surface area contributed by atoms with E-state index in [4.69, 9.17) is 9.68 Å². The van der Waals surface area contributed by atoms with Gasteiger partial charge in [-0.3, -0.25) is 0 Å². The monoisotopic (exact) mass is 330 g/mol. The average Bonchev–Trinajstić information content (AvgIpc) is 3.04. The quantitative estimate of drug-likeness (QED) is 0.772. The number of nitriles is 1. The van der Waals surface area contributed by atoms with Crippen LogP contribution in [-0.2, 0) is 6.18 Å². The summed E-state index contributed by atoms with van der Waals surface area (Å²) in [6.45, 7) is 0. The third-order valence-electron chi connectivity index (χ3n) is 3.17. The minimum atomic E-state index is -4.38. The minimum absolute atomic E-state index is 0.140. The highest BCUT2D eigenvalue weighted by molar-refractivity contribution is 5.76. The van der Waals surface area contributed by atoms with E-state index in [0.717, 1.165) is 12.1 Å². The first-order valence-corrected chi connectivity index (χ1v) is 6.74. The number of para-hydroxylation sites is 1. The van der Waals surface area contributed by atoms with Crippen molar-refractivity contribution >= 4 is 11.4 Å². The van der Waals surface area contributed by atoms with E-state index in [9.17, 15) is 13.2 Å². The van der Waals surface area contributed by atoms with E-state index in [1.807, 2.05) is 0 Å². The van der Waals surface area contributed by atoms with Gasteiger partial charge >= 0.3 is 12.1 Å². The fourth-order valence-electron chi connectivity index (χ4n) is 2.05. The van der Waals surface area contributed by atoms with Crippen LogP contribution >= 0.6 is 0 Å². The topological polar surface area (TPSA) is 74.7 Å². The standard InChI is InChI=1S/C16H9F3N4O/c17-16(18,19)10-5-7-11(8-6-10)21-13-4-2-1-3-12(13)15-23-22-14(9-20)24-15/h1-8,21H. The van der Waals surface area contributed by atoms with Gasteiger partial charge in [-0.1, -0.05) is 17.2 Å². The van der Waals surface area contributed by atoms with Crippen LogP contribution in [0.4, 0.5) is 24.5 Å². The van der Waals surface area contributed by atoms with Crippen LogP contribution in [0.3, 0.4) is 0 Å². The molecule has 0 atom stereocenters. The summed E-state index contributed by atoms with van der Waals surface area (Å²) in [6.07, 6.45) is -4.38. The van der Waals surface area contributed by atoms with Crippen molar-refractivity contribution in [3.63, 3.8) is 0 Å². The fraction of sp³-hybridized carbons (Fsp3) is 0.0625. The number of hydrogen-bond acceptors (Lipinski definition) is 5. The minimum Gasteiger partial charge on any atom is -0.408 e. The normalized spacial score (nSPS) is 11.1. The van der Waals surface area contributed by atoms with E-state index in [2.05, 4.69) is 15.5 Å². The van der Waals surface area contributed by atoms with Gasteiger partial charge in [-0.15, -0.1) is 5.10 Å². The smallest absolute Gasteiger partial charge is 0.408 e. The molecule has 0 unspecified atom stereocenters. The van der Waals surface area contributed by atoms with Gasteiger partial charge in [0.1, 0.15) is 0 Å². The lowest BCUT2D eigenvalue weighted by Gasteiger charge is -2.11. The van der Waals surface area contributed by atoms with Gasteiger partial charge in [0.2, 0.25) is 0 Å². The molecule has 0 bridgehead atoms. The van der Waals surface area contributed by atoms with Crippen molar-refractivity contribution in [1.29, 1.82) is 5.26 Å². The third kappa shape index (κ3) is 3.20. The molecular weight excluding hydrogens is 321 g/mol. The van der Waals surface area contributed by atoms with Crippen molar-refractivity contribution in [3.05, 3.63) is 60.0 Å². The molecular formula is C16H9F3N4O. The molecule has 1 aromatic heterocycles. The number of hydrogen-bond donors (Lipinski definition) is 1. The van der Waals surface area contributed by atoms with Crippen LogP contribution in [0.2, 0.25) is 0 Å². The number of nitrogens with zero attached hydrogens (tertiary/aromatic N) is 3. The van der Waals surface area contributed by atoms with Crippen LogP contribution in [0.25, 0.3) is 11.5 Å². The lowest BCUT2D eigenvalue weighted by molar-refractivity contribution is -0.137. The summed E-state index contributed by atoms with van der Waals surface area (Å²) in [5.41, 5.74) is 0.837. The van der Waals surface area contributed by atoms with Crippen molar-refractivity contribution in [1.82, 2.24) is 10.2 Å². The Morgan fingerprint density at radius 3 is 2.33 bits per heavy atom. The predicted molar refractivity (Wildman–Crippen MR) is 79.2 cm³/mol. The molecule has 3 rings (SSSR count). The zero-order valence-corrected chi connectivity index (χ0v) is 12.0. The summed E-state index contributed by atoms with van der Waals surface area (Å²) in [6, 6.07) is 13.3. The maximum absolute atomic E-state index is 12.6. The molecule has 3 aromatic rings. The molecule has 120 valence electrons. The Hall–Kier alpha value is -3.34. The number of anilines is 2. The second-order valence-electron chi connectivity index (χ2n) is 4.77. The molecule has 1 heterocycles. The van der Waals surface area contributed by atoms with Crippen molar-refractivity contribution in [2.24, 2.45) is 0 Å². The summed E-state index contributed by atoms with van der Waals surface area (Å²) in [5, 5.41) is 19.1. The lowest BCUT2D eigenvalue weighted by atomic mass is 10.1. The summed E-state index contributed by atoms with van der Waals surface area (Å²) >= 11 is 0. The Morgan fingerprint density at radius 2 is 1.71 bits per heavy atom. The molecule has 0 spiro atoms. The lowest BCUT2D eigenvalue weighted by Crippen LogP contribution is -2.04. The predicted octanol–water partition coefficient (Wildman–Crippen LogP) is 4.37. The molecule has 0 fully saturated rings. The van der Waals surface area contributed by atoms with Gasteiger partial charge in [-0.2, -0.15) is 18.4 Å². The maximum atomic E-state index is 12.6. The Bertz CT molecular complexity index is 895. The molecule has 0 aliphatic rings. The molecule has 0 saturated heterocycles. The molecule has 0 aliphatic carbocycles. The zero-order valence-electron chi connectivity index (χ0n) is 12.0. The highest BCUT2D eigenvalue weighted by atomic mass is 19.4. The first-order valence-electron chi connectivity index (χ1n) is 6.74. The van der Waals surface area contributed by atoms with E-state index >= 15 is 0 Å². The number of nitrogens with one attached hydrogen (secondary N) is 1. The Labute approximate surface area is 134 Å². The maximum Gasteiger partial charge on any atom is 0.416 e. The second-order valence-corrected chi connectivity index (χ2v) is 4.77. The number of halogens is 3. The van der Waals surface area contributed by atoms with Gasteiger partial charge in [-0.05, 0) is 36.4 Å². The summed E-state index contributed by atoms with van der Waals surface area (Å²) in [4.78, 5) is 0. The average molecular weight is 330 g/mol. The van der Waals surface area contributed by atoms with Crippen LogP contribution in [0.15, 0.2) is 52.9 Å². The first kappa shape index (κ1) is 15.6. The highest BCUT2D eigenvalue weighted by Gasteiger charge is 2.29. The molecule has 24 heavy (non-hydrogen) atoms. The number of aromatic nitrogens is 2. The summed E-state index contributed by atoms with van der Waals surface area (Å²) < 4.78 is 43.0. The van der Waals surface area contributed by atoms with E-state index in [0.29, 0.717) is 16.9 Å². The van der Waals surface area contributed by atoms with Crippen LogP contribution in [-0.4, -0.2) is 10.2 Å². The van der Waals surface area contributed by atoms with Crippen LogP contribution < -0.4 is 5.32 Å². The number of alkyl halides is 3. The van der Waals surface area contributed by atoms with Gasteiger partial charge in [0.15, 0.2) is 6.07 Å². The van der Waals surface area contributed by atoms with Crippen molar-refractivity contribution in [2.75, 3.05) is 5.32 Å². The van der Waals surface area contributed by atoms with Crippen molar-refractivity contribution in [2.45, 2.75) is 6.18 Å². The summed E-state index contributed by atoms with van der Waals surface area (Å²) in [7, 11) is 0. The molecule has 0 saturated carbocycles. The van der Waals surface area contributed by atoms with Crippen molar-refractivity contribution < 1.29 is 17.6 Å². The fourth-order valence-corrected chi connectivity index (χ4v) is 2.05. The van der Waals surface area contributed by atoms with E-state index in [1.54, 1.807) is 30.3 Å². The molecule has 2 aromatic carbocycles. The summed E-state index contributed by atoms with van der Waals surface area (Å²) in [5.74, 6) is -0.0316. The molecule has 5 nitrogen and oxygen atoms in total. The van der Waals surface area contributed by atoms with Crippen LogP contribution in [0.5, 0.6) is 0 Å². The molecule has 8 heteroatoms. The van der Waals surface area contributed by atoms with Crippen LogP contribution in [0.1, 0.15) is 11.5 Å². The Kier molecular flexibility index (Phi) is 3.92. The van der Waals surface area contributed by atoms with Crippen LogP contribution in [0, 0.1) is 11.3 Å². The number of rotatable bonds is 3. The van der Waals surface area contributed by atoms with E-state index < -0.39 is 11.7 Å². The molecule has 0 aliphatic heterocycles. The largest absolute Gasteiger partial charge is 0.416 e. The molecule has 0 amide bonds. The van der Waals surface area contributed by atoms with E-state index in [-0.39, 0.29) is 11.8 Å². The Balaban J connectivity index is 1.90. The van der Waals surface area contributed by atoms with Crippen molar-refractivity contribution in [3.8, 4) is 17.5 Å². The highest BCUT2D eigenvalue weighted by Crippen LogP contribution is 2.32. The number of benzene rings is 2. The molecule has 1 N–H and O–H groups in total.